The molecule has 0 aromatic heterocycles. The number of rotatable bonds is 6. The van der Waals surface area contributed by atoms with Crippen LogP contribution in [0, 0.1) is 5.92 Å². The summed E-state index contributed by atoms with van der Waals surface area (Å²) in [6, 6.07) is -0.790. The molecule has 0 aromatic rings. The van der Waals surface area contributed by atoms with Gasteiger partial charge in [0.25, 0.3) is 5.24 Å². The molecule has 0 bridgehead atoms. The van der Waals surface area contributed by atoms with Crippen molar-refractivity contribution in [3.63, 3.8) is 0 Å². The number of nitrogens with zero attached hydrogens (tertiary/aromatic N) is 1. The molecule has 2 amide bonds. The minimum Gasteiger partial charge on any atom is -0.480 e. The first-order valence-corrected chi connectivity index (χ1v) is 8.50. The van der Waals surface area contributed by atoms with Crippen LogP contribution in [-0.2, 0) is 9.59 Å². The molecule has 2 rings (SSSR count). The molecular formula is C14H22N2O4S. The second-order valence-electron chi connectivity index (χ2n) is 5.63. The highest BCUT2D eigenvalue weighted by Crippen LogP contribution is 2.26. The molecule has 1 saturated heterocycles. The van der Waals surface area contributed by atoms with Crippen LogP contribution < -0.4 is 5.32 Å². The summed E-state index contributed by atoms with van der Waals surface area (Å²) in [4.78, 5) is 36.4. The molecule has 6 nitrogen and oxygen atoms in total. The standard InChI is InChI=1S/C14H22N2O4S/c17-11(6-7-16-8-9-21-14(16)20)15-12(13(18)19)10-4-2-1-3-5-10/h10,12H,1-9H2,(H,15,17)(H,18,19). The first-order chi connectivity index (χ1) is 10.1. The van der Waals surface area contributed by atoms with E-state index < -0.39 is 12.0 Å². The maximum absolute atomic E-state index is 11.9. The van der Waals surface area contributed by atoms with E-state index in [4.69, 9.17) is 0 Å². The van der Waals surface area contributed by atoms with Crippen LogP contribution in [0.1, 0.15) is 38.5 Å². The smallest absolute Gasteiger partial charge is 0.326 e. The summed E-state index contributed by atoms with van der Waals surface area (Å²) in [6.07, 6.45) is 5.10. The molecule has 1 aliphatic heterocycles. The van der Waals surface area contributed by atoms with Crippen molar-refractivity contribution in [3.05, 3.63) is 0 Å². The van der Waals surface area contributed by atoms with E-state index in [0.29, 0.717) is 13.1 Å². The van der Waals surface area contributed by atoms with Gasteiger partial charge in [-0.15, -0.1) is 0 Å². The fourth-order valence-corrected chi connectivity index (χ4v) is 3.81. The van der Waals surface area contributed by atoms with Gasteiger partial charge in [0.2, 0.25) is 5.91 Å². The normalized spacial score (nSPS) is 21.3. The molecular weight excluding hydrogens is 292 g/mol. The van der Waals surface area contributed by atoms with Gasteiger partial charge in [0.05, 0.1) is 0 Å². The molecule has 7 heteroatoms. The van der Waals surface area contributed by atoms with Gasteiger partial charge >= 0.3 is 5.97 Å². The zero-order valence-corrected chi connectivity index (χ0v) is 12.9. The van der Waals surface area contributed by atoms with E-state index in [-0.39, 0.29) is 23.5 Å². The lowest BCUT2D eigenvalue weighted by Gasteiger charge is -2.28. The third-order valence-corrected chi connectivity index (χ3v) is 5.05. The molecule has 1 unspecified atom stereocenters. The van der Waals surface area contributed by atoms with E-state index in [1.807, 2.05) is 0 Å². The minimum absolute atomic E-state index is 0.00450. The topological polar surface area (TPSA) is 86.7 Å². The Bertz CT molecular complexity index is 410. The molecule has 0 spiro atoms. The SMILES string of the molecule is O=C(CCN1CCSC1=O)NC(C(=O)O)C1CCCCC1. The fraction of sp³-hybridized carbons (Fsp3) is 0.786. The van der Waals surface area contributed by atoms with Gasteiger partial charge in [-0.3, -0.25) is 9.59 Å². The average Bonchev–Trinajstić information content (AvgIpc) is 2.88. The van der Waals surface area contributed by atoms with Crippen molar-refractivity contribution < 1.29 is 19.5 Å². The molecule has 0 radical (unpaired) electrons. The molecule has 21 heavy (non-hydrogen) atoms. The van der Waals surface area contributed by atoms with Gasteiger partial charge in [0.1, 0.15) is 6.04 Å². The molecule has 1 atom stereocenters. The van der Waals surface area contributed by atoms with Gasteiger partial charge in [0, 0.05) is 25.3 Å². The number of thioether (sulfide) groups is 1. The van der Waals surface area contributed by atoms with Crippen LogP contribution in [0.4, 0.5) is 4.79 Å². The van der Waals surface area contributed by atoms with Crippen LogP contribution in [0.3, 0.4) is 0 Å². The number of aliphatic carboxylic acids is 1. The maximum Gasteiger partial charge on any atom is 0.326 e. The summed E-state index contributed by atoms with van der Waals surface area (Å²) in [7, 11) is 0. The molecule has 1 aliphatic carbocycles. The predicted molar refractivity (Wildman–Crippen MR) is 80.2 cm³/mol. The largest absolute Gasteiger partial charge is 0.480 e. The highest BCUT2D eigenvalue weighted by molar-refractivity contribution is 8.13. The zero-order valence-electron chi connectivity index (χ0n) is 12.0. The van der Waals surface area contributed by atoms with Crippen LogP contribution in [0.2, 0.25) is 0 Å². The van der Waals surface area contributed by atoms with Crippen molar-refractivity contribution >= 4 is 28.9 Å². The predicted octanol–water partition coefficient (Wildman–Crippen LogP) is 1.69. The Balaban J connectivity index is 1.80. The Morgan fingerprint density at radius 1 is 1.33 bits per heavy atom. The molecule has 0 aromatic carbocycles. The Kier molecular flexibility index (Phi) is 5.90. The minimum atomic E-state index is -0.956. The number of carbonyl (C=O) groups is 3. The highest BCUT2D eigenvalue weighted by atomic mass is 32.2. The van der Waals surface area contributed by atoms with E-state index in [0.717, 1.165) is 37.9 Å². The van der Waals surface area contributed by atoms with Crippen LogP contribution in [0.15, 0.2) is 0 Å². The van der Waals surface area contributed by atoms with Gasteiger partial charge in [-0.25, -0.2) is 4.79 Å². The van der Waals surface area contributed by atoms with Crippen molar-refractivity contribution in [1.29, 1.82) is 0 Å². The summed E-state index contributed by atoms with van der Waals surface area (Å²) in [6.45, 7) is 1.04. The van der Waals surface area contributed by atoms with Crippen LogP contribution in [0.5, 0.6) is 0 Å². The molecule has 1 heterocycles. The third kappa shape index (κ3) is 4.62. The number of hydrogen-bond acceptors (Lipinski definition) is 4. The Hall–Kier alpha value is -1.24. The monoisotopic (exact) mass is 314 g/mol. The van der Waals surface area contributed by atoms with E-state index >= 15 is 0 Å². The van der Waals surface area contributed by atoms with Crippen molar-refractivity contribution in [2.75, 3.05) is 18.8 Å². The summed E-state index contributed by atoms with van der Waals surface area (Å²) in [5, 5.41) is 12.0. The molecule has 2 aliphatic rings. The number of amides is 2. The lowest BCUT2D eigenvalue weighted by Crippen LogP contribution is -2.47. The van der Waals surface area contributed by atoms with Gasteiger partial charge in [-0.05, 0) is 18.8 Å². The first kappa shape index (κ1) is 16.1. The third-order valence-electron chi connectivity index (χ3n) is 4.16. The molecule has 2 fully saturated rings. The van der Waals surface area contributed by atoms with Crippen LogP contribution in [0.25, 0.3) is 0 Å². The number of hydrogen-bond donors (Lipinski definition) is 2. The number of nitrogens with one attached hydrogen (secondary N) is 1. The van der Waals surface area contributed by atoms with Crippen LogP contribution >= 0.6 is 11.8 Å². The molecule has 118 valence electrons. The average molecular weight is 314 g/mol. The van der Waals surface area contributed by atoms with E-state index in [9.17, 15) is 19.5 Å². The van der Waals surface area contributed by atoms with Gasteiger partial charge in [-0.2, -0.15) is 0 Å². The van der Waals surface area contributed by atoms with E-state index in [1.54, 1.807) is 4.90 Å². The number of carboxylic acids is 1. The zero-order chi connectivity index (χ0) is 15.2. The lowest BCUT2D eigenvalue weighted by molar-refractivity contribution is -0.143. The fourth-order valence-electron chi connectivity index (χ4n) is 2.96. The number of carbonyl (C=O) groups excluding carboxylic acids is 2. The quantitative estimate of drug-likeness (QED) is 0.779. The van der Waals surface area contributed by atoms with E-state index in [1.165, 1.54) is 11.8 Å². The second-order valence-corrected chi connectivity index (χ2v) is 6.68. The summed E-state index contributed by atoms with van der Waals surface area (Å²) in [5.74, 6) is -0.440. The lowest BCUT2D eigenvalue weighted by atomic mass is 9.84. The maximum atomic E-state index is 11.9. The summed E-state index contributed by atoms with van der Waals surface area (Å²) in [5.41, 5.74) is 0. The van der Waals surface area contributed by atoms with Crippen molar-refractivity contribution in [3.8, 4) is 0 Å². The summed E-state index contributed by atoms with van der Waals surface area (Å²) < 4.78 is 0. The Labute approximate surface area is 128 Å². The van der Waals surface area contributed by atoms with Crippen molar-refractivity contribution in [2.45, 2.75) is 44.6 Å². The Morgan fingerprint density at radius 2 is 2.05 bits per heavy atom. The van der Waals surface area contributed by atoms with Crippen LogP contribution in [-0.4, -0.2) is 52.0 Å². The Morgan fingerprint density at radius 3 is 2.62 bits per heavy atom. The van der Waals surface area contributed by atoms with Gasteiger partial charge in [0.15, 0.2) is 0 Å². The van der Waals surface area contributed by atoms with E-state index in [2.05, 4.69) is 5.32 Å². The summed E-state index contributed by atoms with van der Waals surface area (Å²) >= 11 is 1.26. The van der Waals surface area contributed by atoms with Crippen molar-refractivity contribution in [1.82, 2.24) is 10.2 Å². The van der Waals surface area contributed by atoms with Gasteiger partial charge in [-0.1, -0.05) is 31.0 Å². The second kappa shape index (κ2) is 7.68. The van der Waals surface area contributed by atoms with Gasteiger partial charge < -0.3 is 15.3 Å². The first-order valence-electron chi connectivity index (χ1n) is 7.52. The van der Waals surface area contributed by atoms with Crippen molar-refractivity contribution in [2.24, 2.45) is 5.92 Å². The molecule has 1 saturated carbocycles. The number of carboxylic acid groups (broad SMARTS) is 1. The highest BCUT2D eigenvalue weighted by Gasteiger charge is 2.31. The molecule has 2 N–H and O–H groups in total.